The van der Waals surface area contributed by atoms with Crippen LogP contribution in [0.1, 0.15) is 103 Å². The van der Waals surface area contributed by atoms with Gasteiger partial charge in [-0.05, 0) is 93.9 Å². The molecule has 1 aliphatic heterocycles. The van der Waals surface area contributed by atoms with Crippen molar-refractivity contribution >= 4 is 11.7 Å². The standard InChI is InChI=1S/C28H34N2O4/c31-27(32)19-3-5-21(6-4-19)30-15-20-13-22(30)14-24(20)33-16-23-25(29-34-26(23)18-1-2-18)17-7-9-28(10-8-17)11-12-28/h3-6,17-18,20,22,24H,1-2,7-16H2,(H,31,32)/t20-,22-,24+/m0/s1. The molecule has 4 aliphatic carbocycles. The van der Waals surface area contributed by atoms with Gasteiger partial charge in [-0.3, -0.25) is 0 Å². The molecule has 1 aromatic carbocycles. The van der Waals surface area contributed by atoms with Gasteiger partial charge in [0, 0.05) is 41.6 Å². The Balaban J connectivity index is 1.01. The number of carboxylic acids is 1. The van der Waals surface area contributed by atoms with E-state index in [1.165, 1.54) is 62.6 Å². The van der Waals surface area contributed by atoms with Crippen molar-refractivity contribution in [2.24, 2.45) is 11.3 Å². The molecule has 1 aromatic heterocycles. The summed E-state index contributed by atoms with van der Waals surface area (Å²) in [6, 6.07) is 7.79. The Bertz CT molecular complexity index is 1070. The molecule has 0 amide bonds. The maximum atomic E-state index is 11.2. The van der Waals surface area contributed by atoms with E-state index >= 15 is 0 Å². The minimum atomic E-state index is -0.873. The van der Waals surface area contributed by atoms with Gasteiger partial charge in [0.1, 0.15) is 5.76 Å². The van der Waals surface area contributed by atoms with Gasteiger partial charge >= 0.3 is 5.97 Å². The van der Waals surface area contributed by atoms with E-state index in [4.69, 9.17) is 14.4 Å². The van der Waals surface area contributed by atoms with E-state index in [-0.39, 0.29) is 6.10 Å². The third kappa shape index (κ3) is 3.65. The summed E-state index contributed by atoms with van der Waals surface area (Å²) >= 11 is 0. The Morgan fingerprint density at radius 2 is 1.82 bits per heavy atom. The van der Waals surface area contributed by atoms with Gasteiger partial charge in [-0.1, -0.05) is 5.16 Å². The van der Waals surface area contributed by atoms with E-state index in [1.807, 2.05) is 12.1 Å². The molecular formula is C28H34N2O4. The van der Waals surface area contributed by atoms with Crippen LogP contribution in [0, 0.1) is 11.3 Å². The Morgan fingerprint density at radius 1 is 1.06 bits per heavy atom. The molecule has 6 nitrogen and oxygen atoms in total. The molecule has 4 saturated carbocycles. The number of hydrogen-bond acceptors (Lipinski definition) is 5. The van der Waals surface area contributed by atoms with Gasteiger partial charge in [-0.25, -0.2) is 4.79 Å². The Hall–Kier alpha value is -2.34. The number of rotatable bonds is 7. The lowest BCUT2D eigenvalue weighted by molar-refractivity contribution is 0.0116. The Morgan fingerprint density at radius 3 is 2.44 bits per heavy atom. The van der Waals surface area contributed by atoms with Crippen molar-refractivity contribution in [3.8, 4) is 0 Å². The lowest BCUT2D eigenvalue weighted by atomic mass is 9.77. The number of carboxylic acid groups (broad SMARTS) is 1. The first-order chi connectivity index (χ1) is 16.6. The summed E-state index contributed by atoms with van der Waals surface area (Å²) in [4.78, 5) is 13.6. The third-order valence-electron chi connectivity index (χ3n) is 9.55. The quantitative estimate of drug-likeness (QED) is 0.554. The van der Waals surface area contributed by atoms with Crippen molar-refractivity contribution in [1.82, 2.24) is 5.16 Å². The Kier molecular flexibility index (Phi) is 4.84. The maximum absolute atomic E-state index is 11.2. The molecule has 2 bridgehead atoms. The van der Waals surface area contributed by atoms with Gasteiger partial charge in [0.15, 0.2) is 0 Å². The summed E-state index contributed by atoms with van der Waals surface area (Å²) in [5.74, 6) is 1.88. The van der Waals surface area contributed by atoms with Crippen LogP contribution in [0.2, 0.25) is 0 Å². The van der Waals surface area contributed by atoms with Gasteiger partial charge in [0.25, 0.3) is 0 Å². The van der Waals surface area contributed by atoms with Crippen molar-refractivity contribution < 1.29 is 19.2 Å². The highest BCUT2D eigenvalue weighted by Gasteiger charge is 2.47. The number of aromatic carboxylic acids is 1. The minimum absolute atomic E-state index is 0.287. The highest BCUT2D eigenvalue weighted by Crippen LogP contribution is 2.59. The van der Waals surface area contributed by atoms with Crippen molar-refractivity contribution in [2.75, 3.05) is 11.4 Å². The molecule has 5 fully saturated rings. The number of benzene rings is 1. The smallest absolute Gasteiger partial charge is 0.335 e. The molecule has 3 atom stereocenters. The van der Waals surface area contributed by atoms with E-state index in [1.54, 1.807) is 12.1 Å². The molecule has 34 heavy (non-hydrogen) atoms. The van der Waals surface area contributed by atoms with Gasteiger partial charge in [0.2, 0.25) is 0 Å². The van der Waals surface area contributed by atoms with Crippen molar-refractivity contribution in [1.29, 1.82) is 0 Å². The van der Waals surface area contributed by atoms with Crippen LogP contribution < -0.4 is 4.90 Å². The highest BCUT2D eigenvalue weighted by molar-refractivity contribution is 5.88. The van der Waals surface area contributed by atoms with E-state index < -0.39 is 5.97 Å². The summed E-state index contributed by atoms with van der Waals surface area (Å²) < 4.78 is 12.6. The second-order valence-corrected chi connectivity index (χ2v) is 11.7. The molecule has 5 aliphatic rings. The second-order valence-electron chi connectivity index (χ2n) is 11.7. The summed E-state index contributed by atoms with van der Waals surface area (Å²) in [6.45, 7) is 1.63. The van der Waals surface area contributed by atoms with Crippen LogP contribution in [0.4, 0.5) is 5.69 Å². The summed E-state index contributed by atoms with van der Waals surface area (Å²) in [6.07, 6.45) is 13.0. The summed E-state index contributed by atoms with van der Waals surface area (Å²) in [5, 5.41) is 13.8. The topological polar surface area (TPSA) is 75.8 Å². The summed E-state index contributed by atoms with van der Waals surface area (Å²) in [5.41, 5.74) is 4.65. The van der Waals surface area contributed by atoms with Crippen LogP contribution in [0.3, 0.4) is 0 Å². The van der Waals surface area contributed by atoms with Crippen molar-refractivity contribution in [3.05, 3.63) is 46.8 Å². The first kappa shape index (κ1) is 21.0. The monoisotopic (exact) mass is 462 g/mol. The molecule has 2 heterocycles. The van der Waals surface area contributed by atoms with E-state index in [2.05, 4.69) is 10.1 Å². The fraction of sp³-hybridized carbons (Fsp3) is 0.643. The van der Waals surface area contributed by atoms with Crippen LogP contribution in [0.15, 0.2) is 28.8 Å². The first-order valence-electron chi connectivity index (χ1n) is 13.3. The number of ether oxygens (including phenoxy) is 1. The fourth-order valence-electron chi connectivity index (χ4n) is 7.06. The lowest BCUT2D eigenvalue weighted by Crippen LogP contribution is -2.38. The van der Waals surface area contributed by atoms with Gasteiger partial charge in [0.05, 0.1) is 24.0 Å². The molecule has 0 unspecified atom stereocenters. The van der Waals surface area contributed by atoms with Gasteiger partial charge in [-0.15, -0.1) is 0 Å². The highest BCUT2D eigenvalue weighted by atomic mass is 16.5. The zero-order valence-electron chi connectivity index (χ0n) is 19.7. The Labute approximate surface area is 200 Å². The van der Waals surface area contributed by atoms with Crippen molar-refractivity contribution in [3.63, 3.8) is 0 Å². The molecule has 180 valence electrons. The molecule has 7 rings (SSSR count). The molecule has 1 spiro atoms. The van der Waals surface area contributed by atoms with Crippen LogP contribution >= 0.6 is 0 Å². The predicted octanol–water partition coefficient (Wildman–Crippen LogP) is 5.87. The number of piperidine rings is 1. The minimum Gasteiger partial charge on any atom is -0.478 e. The zero-order chi connectivity index (χ0) is 22.9. The second kappa shape index (κ2) is 7.84. The van der Waals surface area contributed by atoms with Crippen LogP contribution in [0.5, 0.6) is 0 Å². The first-order valence-corrected chi connectivity index (χ1v) is 13.3. The number of anilines is 1. The molecule has 1 saturated heterocycles. The average Bonchev–Trinajstić information content (AvgIpc) is 3.71. The largest absolute Gasteiger partial charge is 0.478 e. The lowest BCUT2D eigenvalue weighted by Gasteiger charge is -2.33. The van der Waals surface area contributed by atoms with Crippen LogP contribution in [-0.2, 0) is 11.3 Å². The van der Waals surface area contributed by atoms with Gasteiger partial charge < -0.3 is 19.3 Å². The SMILES string of the molecule is O=C(O)c1ccc(N2C[C@@H]3C[C@H]2C[C@H]3OCc2c(C3CCC4(CC3)CC4)noc2C2CC2)cc1. The molecular weight excluding hydrogens is 428 g/mol. The number of hydrogen-bond donors (Lipinski definition) is 1. The van der Waals surface area contributed by atoms with E-state index in [0.717, 1.165) is 30.8 Å². The van der Waals surface area contributed by atoms with Crippen molar-refractivity contribution in [2.45, 2.75) is 94.8 Å². The van der Waals surface area contributed by atoms with Gasteiger partial charge in [-0.2, -0.15) is 0 Å². The average molecular weight is 463 g/mol. The molecule has 1 N–H and O–H groups in total. The predicted molar refractivity (Wildman–Crippen MR) is 127 cm³/mol. The zero-order valence-corrected chi connectivity index (χ0v) is 19.7. The normalized spacial score (nSPS) is 29.8. The van der Waals surface area contributed by atoms with Crippen LogP contribution in [-0.4, -0.2) is 34.9 Å². The fourth-order valence-corrected chi connectivity index (χ4v) is 7.06. The van der Waals surface area contributed by atoms with Crippen LogP contribution in [0.25, 0.3) is 0 Å². The van der Waals surface area contributed by atoms with E-state index in [0.29, 0.717) is 41.4 Å². The number of carbonyl (C=O) groups is 1. The molecule has 0 radical (unpaired) electrons. The summed E-state index contributed by atoms with van der Waals surface area (Å²) in [7, 11) is 0. The number of nitrogens with zero attached hydrogens (tertiary/aromatic N) is 2. The number of fused-ring (bicyclic) bond motifs is 2. The van der Waals surface area contributed by atoms with E-state index in [9.17, 15) is 4.79 Å². The third-order valence-corrected chi connectivity index (χ3v) is 9.55. The molecule has 6 heteroatoms. The number of aromatic nitrogens is 1. The maximum Gasteiger partial charge on any atom is 0.335 e. The molecule has 2 aromatic rings.